The number of alkyl halides is 1. The predicted octanol–water partition coefficient (Wildman–Crippen LogP) is 3.02. The molecule has 0 fully saturated rings. The molecule has 1 aromatic heterocycles. The van der Waals surface area contributed by atoms with E-state index in [1.807, 2.05) is 42.1 Å². The third kappa shape index (κ3) is 4.32. The van der Waals surface area contributed by atoms with Crippen LogP contribution in [0.25, 0.3) is 0 Å². The Morgan fingerprint density at radius 1 is 1.35 bits per heavy atom. The van der Waals surface area contributed by atoms with Crippen molar-refractivity contribution in [3.63, 3.8) is 0 Å². The van der Waals surface area contributed by atoms with E-state index in [2.05, 4.69) is 16.9 Å². The van der Waals surface area contributed by atoms with Gasteiger partial charge in [0, 0.05) is 43.2 Å². The van der Waals surface area contributed by atoms with E-state index in [1.165, 1.54) is 0 Å². The standard InChI is InChI=1S/C16H17ClN2O/c1-19-15(8-11-18-19)9-12-20-16-7-4-6-14(13-16)5-2-3-10-17/h4,6-8,11,13H,3,9-10,12H2,1H3. The third-order valence-corrected chi connectivity index (χ3v) is 3.02. The van der Waals surface area contributed by atoms with Crippen molar-refractivity contribution in [2.75, 3.05) is 12.5 Å². The largest absolute Gasteiger partial charge is 0.493 e. The van der Waals surface area contributed by atoms with E-state index in [4.69, 9.17) is 16.3 Å². The Labute approximate surface area is 124 Å². The second-order valence-electron chi connectivity index (χ2n) is 4.31. The molecule has 0 spiro atoms. The van der Waals surface area contributed by atoms with Gasteiger partial charge in [0.2, 0.25) is 0 Å². The highest BCUT2D eigenvalue weighted by atomic mass is 35.5. The molecule has 0 N–H and O–H groups in total. The van der Waals surface area contributed by atoms with Gasteiger partial charge in [0.25, 0.3) is 0 Å². The van der Waals surface area contributed by atoms with E-state index in [9.17, 15) is 0 Å². The molecule has 1 heterocycles. The summed E-state index contributed by atoms with van der Waals surface area (Å²) in [6, 6.07) is 9.80. The molecule has 0 aliphatic rings. The number of hydrogen-bond donors (Lipinski definition) is 0. The molecule has 4 heteroatoms. The van der Waals surface area contributed by atoms with E-state index in [0.29, 0.717) is 18.9 Å². The Bertz CT molecular complexity index is 610. The average Bonchev–Trinajstić information content (AvgIpc) is 2.85. The van der Waals surface area contributed by atoms with Gasteiger partial charge >= 0.3 is 0 Å². The molecule has 0 amide bonds. The number of hydrogen-bond acceptors (Lipinski definition) is 2. The van der Waals surface area contributed by atoms with Crippen molar-refractivity contribution in [2.24, 2.45) is 7.05 Å². The van der Waals surface area contributed by atoms with Gasteiger partial charge in [-0.1, -0.05) is 17.9 Å². The first-order valence-electron chi connectivity index (χ1n) is 6.54. The monoisotopic (exact) mass is 288 g/mol. The van der Waals surface area contributed by atoms with Crippen molar-refractivity contribution in [1.82, 2.24) is 9.78 Å². The molecule has 2 aromatic rings. The molecule has 0 saturated carbocycles. The van der Waals surface area contributed by atoms with Crippen molar-refractivity contribution in [2.45, 2.75) is 12.8 Å². The zero-order valence-corrected chi connectivity index (χ0v) is 12.2. The van der Waals surface area contributed by atoms with E-state index >= 15 is 0 Å². The van der Waals surface area contributed by atoms with Crippen LogP contribution in [0.5, 0.6) is 5.75 Å². The lowest BCUT2D eigenvalue weighted by Crippen LogP contribution is -2.05. The van der Waals surface area contributed by atoms with Crippen LogP contribution in [0.1, 0.15) is 17.7 Å². The van der Waals surface area contributed by atoms with Gasteiger partial charge in [0.15, 0.2) is 0 Å². The van der Waals surface area contributed by atoms with E-state index in [-0.39, 0.29) is 0 Å². The van der Waals surface area contributed by atoms with Crippen LogP contribution in [0.3, 0.4) is 0 Å². The van der Waals surface area contributed by atoms with Gasteiger partial charge in [0.1, 0.15) is 5.75 Å². The van der Waals surface area contributed by atoms with Gasteiger partial charge in [-0.15, -0.1) is 11.6 Å². The highest BCUT2D eigenvalue weighted by molar-refractivity contribution is 6.18. The van der Waals surface area contributed by atoms with Crippen molar-refractivity contribution in [3.8, 4) is 17.6 Å². The van der Waals surface area contributed by atoms with E-state index in [1.54, 1.807) is 6.20 Å². The van der Waals surface area contributed by atoms with Gasteiger partial charge in [-0.2, -0.15) is 5.10 Å². The maximum atomic E-state index is 5.75. The Morgan fingerprint density at radius 2 is 2.25 bits per heavy atom. The van der Waals surface area contributed by atoms with Gasteiger partial charge in [-0.25, -0.2) is 0 Å². The normalized spacial score (nSPS) is 9.90. The van der Waals surface area contributed by atoms with Gasteiger partial charge in [-0.3, -0.25) is 4.68 Å². The van der Waals surface area contributed by atoms with Crippen LogP contribution in [-0.4, -0.2) is 22.3 Å². The molecule has 0 unspecified atom stereocenters. The van der Waals surface area contributed by atoms with Gasteiger partial charge in [0.05, 0.1) is 6.61 Å². The summed E-state index contributed by atoms with van der Waals surface area (Å²) in [5.74, 6) is 7.49. The number of rotatable bonds is 5. The van der Waals surface area contributed by atoms with Crippen molar-refractivity contribution in [3.05, 3.63) is 47.8 Å². The fourth-order valence-corrected chi connectivity index (χ4v) is 1.89. The summed E-state index contributed by atoms with van der Waals surface area (Å²) in [7, 11) is 1.93. The summed E-state index contributed by atoms with van der Waals surface area (Å²) in [6.45, 7) is 0.623. The minimum Gasteiger partial charge on any atom is -0.493 e. The fourth-order valence-electron chi connectivity index (χ4n) is 1.80. The Morgan fingerprint density at radius 3 is 3.00 bits per heavy atom. The smallest absolute Gasteiger partial charge is 0.120 e. The molecular formula is C16H17ClN2O. The first-order valence-corrected chi connectivity index (χ1v) is 7.07. The molecule has 0 saturated heterocycles. The number of ether oxygens (including phenoxy) is 1. The summed E-state index contributed by atoms with van der Waals surface area (Å²) >= 11 is 5.59. The number of aromatic nitrogens is 2. The summed E-state index contributed by atoms with van der Waals surface area (Å²) in [6.07, 6.45) is 3.33. The van der Waals surface area contributed by atoms with Crippen LogP contribution in [0.2, 0.25) is 0 Å². The van der Waals surface area contributed by atoms with Crippen LogP contribution in [0, 0.1) is 11.8 Å². The molecule has 0 aliphatic carbocycles. The maximum Gasteiger partial charge on any atom is 0.120 e. The molecule has 20 heavy (non-hydrogen) atoms. The lowest BCUT2D eigenvalue weighted by atomic mass is 10.2. The second-order valence-corrected chi connectivity index (χ2v) is 4.69. The molecular weight excluding hydrogens is 272 g/mol. The molecule has 104 valence electrons. The Kier molecular flexibility index (Phi) is 5.52. The Balaban J connectivity index is 1.89. The molecule has 0 atom stereocenters. The molecule has 0 aliphatic heterocycles. The van der Waals surface area contributed by atoms with Crippen LogP contribution >= 0.6 is 11.6 Å². The predicted molar refractivity (Wildman–Crippen MR) is 81.1 cm³/mol. The second kappa shape index (κ2) is 7.62. The van der Waals surface area contributed by atoms with Crippen molar-refractivity contribution < 1.29 is 4.74 Å². The molecule has 2 rings (SSSR count). The minimum atomic E-state index is 0.563. The number of halogens is 1. The number of nitrogens with zero attached hydrogens (tertiary/aromatic N) is 2. The van der Waals surface area contributed by atoms with Crippen molar-refractivity contribution >= 4 is 11.6 Å². The summed E-state index contributed by atoms with van der Waals surface area (Å²) in [5.41, 5.74) is 2.11. The zero-order valence-electron chi connectivity index (χ0n) is 11.5. The topological polar surface area (TPSA) is 27.1 Å². The number of benzene rings is 1. The average molecular weight is 289 g/mol. The van der Waals surface area contributed by atoms with Crippen LogP contribution in [-0.2, 0) is 13.5 Å². The zero-order chi connectivity index (χ0) is 14.2. The number of aryl methyl sites for hydroxylation is 1. The third-order valence-electron chi connectivity index (χ3n) is 2.84. The van der Waals surface area contributed by atoms with Gasteiger partial charge < -0.3 is 4.74 Å². The lowest BCUT2D eigenvalue weighted by Gasteiger charge is -2.06. The Hall–Kier alpha value is -1.92. The van der Waals surface area contributed by atoms with Crippen LogP contribution in [0.4, 0.5) is 0 Å². The summed E-state index contributed by atoms with van der Waals surface area (Å²) in [5, 5.41) is 4.13. The SMILES string of the molecule is Cn1nccc1CCOc1cccc(C#CCCCl)c1. The fraction of sp³-hybridized carbons (Fsp3) is 0.312. The quantitative estimate of drug-likeness (QED) is 0.625. The highest BCUT2D eigenvalue weighted by Gasteiger charge is 2.00. The molecule has 0 radical (unpaired) electrons. The summed E-state index contributed by atoms with van der Waals surface area (Å²) in [4.78, 5) is 0. The first kappa shape index (κ1) is 14.5. The molecule has 3 nitrogen and oxygen atoms in total. The summed E-state index contributed by atoms with van der Waals surface area (Å²) < 4.78 is 7.60. The minimum absolute atomic E-state index is 0.563. The lowest BCUT2D eigenvalue weighted by molar-refractivity contribution is 0.318. The molecule has 1 aromatic carbocycles. The van der Waals surface area contributed by atoms with E-state index < -0.39 is 0 Å². The molecule has 0 bridgehead atoms. The van der Waals surface area contributed by atoms with Crippen LogP contribution < -0.4 is 4.74 Å². The highest BCUT2D eigenvalue weighted by Crippen LogP contribution is 2.13. The van der Waals surface area contributed by atoms with E-state index in [0.717, 1.165) is 23.4 Å². The first-order chi connectivity index (χ1) is 9.79. The van der Waals surface area contributed by atoms with Crippen LogP contribution in [0.15, 0.2) is 36.5 Å². The van der Waals surface area contributed by atoms with Gasteiger partial charge in [-0.05, 0) is 24.3 Å². The van der Waals surface area contributed by atoms with Crippen molar-refractivity contribution in [1.29, 1.82) is 0 Å². The maximum absolute atomic E-state index is 5.75.